The zero-order valence-electron chi connectivity index (χ0n) is 14.0. The largest absolute Gasteiger partial charge is 0.481 e. The molecule has 0 saturated carbocycles. The lowest BCUT2D eigenvalue weighted by molar-refractivity contribution is -0.122. The van der Waals surface area contributed by atoms with Crippen molar-refractivity contribution in [2.75, 3.05) is 11.1 Å². The van der Waals surface area contributed by atoms with Crippen LogP contribution in [0.3, 0.4) is 0 Å². The topological polar surface area (TPSA) is 64.1 Å². The van der Waals surface area contributed by atoms with Gasteiger partial charge in [-0.1, -0.05) is 42.2 Å². The van der Waals surface area contributed by atoms with Crippen LogP contribution >= 0.6 is 23.1 Å². The van der Waals surface area contributed by atoms with Crippen molar-refractivity contribution in [1.82, 2.24) is 10.2 Å². The molecule has 1 N–H and O–H groups in total. The molecule has 0 aliphatic carbocycles. The molecule has 1 aromatic heterocycles. The molecule has 0 aliphatic rings. The zero-order chi connectivity index (χ0) is 17.5. The van der Waals surface area contributed by atoms with Crippen LogP contribution in [-0.2, 0) is 4.79 Å². The minimum Gasteiger partial charge on any atom is -0.481 e. The second-order valence-corrected chi connectivity index (χ2v) is 7.54. The van der Waals surface area contributed by atoms with E-state index < -0.39 is 6.10 Å². The predicted octanol–water partition coefficient (Wildman–Crippen LogP) is 4.23. The van der Waals surface area contributed by atoms with Crippen molar-refractivity contribution >= 4 is 34.1 Å². The van der Waals surface area contributed by atoms with Gasteiger partial charge in [0.05, 0.1) is 0 Å². The van der Waals surface area contributed by atoms with Gasteiger partial charge in [-0.3, -0.25) is 10.1 Å². The van der Waals surface area contributed by atoms with E-state index >= 15 is 0 Å². The van der Waals surface area contributed by atoms with Crippen molar-refractivity contribution in [1.29, 1.82) is 0 Å². The molecule has 128 valence electrons. The number of thioether (sulfide) groups is 1. The van der Waals surface area contributed by atoms with E-state index in [0.29, 0.717) is 17.3 Å². The van der Waals surface area contributed by atoms with Gasteiger partial charge in [-0.15, -0.1) is 16.8 Å². The van der Waals surface area contributed by atoms with Crippen molar-refractivity contribution in [2.45, 2.75) is 37.6 Å². The van der Waals surface area contributed by atoms with E-state index in [0.717, 1.165) is 21.2 Å². The van der Waals surface area contributed by atoms with Crippen LogP contribution in [0.2, 0.25) is 0 Å². The van der Waals surface area contributed by atoms with E-state index in [4.69, 9.17) is 4.74 Å². The van der Waals surface area contributed by atoms with Crippen LogP contribution in [0.5, 0.6) is 5.75 Å². The number of aromatic nitrogens is 2. The lowest BCUT2D eigenvalue weighted by Crippen LogP contribution is -2.32. The molecule has 7 heteroatoms. The number of rotatable bonds is 8. The van der Waals surface area contributed by atoms with Crippen LogP contribution in [0.25, 0.3) is 0 Å². The van der Waals surface area contributed by atoms with Gasteiger partial charge in [0.2, 0.25) is 5.13 Å². The molecule has 24 heavy (non-hydrogen) atoms. The average Bonchev–Trinajstić information content (AvgIpc) is 2.97. The van der Waals surface area contributed by atoms with E-state index in [1.165, 1.54) is 23.1 Å². The lowest BCUT2D eigenvalue weighted by atomic mass is 10.1. The molecule has 0 bridgehead atoms. The summed E-state index contributed by atoms with van der Waals surface area (Å²) in [6, 6.07) is 5.92. The first-order valence-electron chi connectivity index (χ1n) is 7.64. The summed E-state index contributed by atoms with van der Waals surface area (Å²) in [4.78, 5) is 12.4. The monoisotopic (exact) mass is 363 g/mol. The van der Waals surface area contributed by atoms with E-state index in [2.05, 4.69) is 28.2 Å². The Morgan fingerprint density at radius 3 is 2.71 bits per heavy atom. The Kier molecular flexibility index (Phi) is 6.81. The number of hydrogen-bond donors (Lipinski definition) is 1. The Hall–Kier alpha value is -1.86. The molecule has 2 rings (SSSR count). The number of amides is 1. The normalized spacial score (nSPS) is 11.8. The van der Waals surface area contributed by atoms with E-state index in [1.54, 1.807) is 6.08 Å². The second kappa shape index (κ2) is 8.84. The fraction of sp³-hybridized carbons (Fsp3) is 0.353. The summed E-state index contributed by atoms with van der Waals surface area (Å²) in [5.74, 6) is 1.25. The van der Waals surface area contributed by atoms with Crippen LogP contribution in [0, 0.1) is 13.8 Å². The number of hydrogen-bond acceptors (Lipinski definition) is 6. The first-order chi connectivity index (χ1) is 11.5. The molecule has 1 heterocycles. The highest BCUT2D eigenvalue weighted by molar-refractivity contribution is 8.01. The number of nitrogens with zero attached hydrogens (tertiary/aromatic N) is 2. The van der Waals surface area contributed by atoms with E-state index in [1.807, 2.05) is 32.9 Å². The highest BCUT2D eigenvalue weighted by atomic mass is 32.2. The van der Waals surface area contributed by atoms with Gasteiger partial charge in [-0.05, 0) is 43.5 Å². The molecule has 5 nitrogen and oxygen atoms in total. The molecule has 2 aromatic rings. The first-order valence-corrected chi connectivity index (χ1v) is 9.45. The third-order valence-electron chi connectivity index (χ3n) is 3.10. The maximum atomic E-state index is 12.4. The quantitative estimate of drug-likeness (QED) is 0.432. The molecule has 0 radical (unpaired) electrons. The maximum Gasteiger partial charge on any atom is 0.267 e. The van der Waals surface area contributed by atoms with E-state index in [-0.39, 0.29) is 5.91 Å². The molecule has 0 fully saturated rings. The van der Waals surface area contributed by atoms with Crippen molar-refractivity contribution in [3.05, 3.63) is 42.0 Å². The number of ether oxygens (including phenoxy) is 1. The van der Waals surface area contributed by atoms with Gasteiger partial charge in [0.25, 0.3) is 5.91 Å². The Morgan fingerprint density at radius 1 is 1.38 bits per heavy atom. The van der Waals surface area contributed by atoms with Crippen molar-refractivity contribution in [3.63, 3.8) is 0 Å². The summed E-state index contributed by atoms with van der Waals surface area (Å²) < 4.78 is 6.66. The summed E-state index contributed by atoms with van der Waals surface area (Å²) in [5.41, 5.74) is 2.21. The van der Waals surface area contributed by atoms with Crippen LogP contribution < -0.4 is 10.1 Å². The third-order valence-corrected chi connectivity index (χ3v) is 5.07. The SMILES string of the molecule is C=CCSc1nnc(NC(=O)[C@H](CC)Oc2cc(C)cc(C)c2)s1. The second-order valence-electron chi connectivity index (χ2n) is 5.30. The van der Waals surface area contributed by atoms with Crippen molar-refractivity contribution in [2.24, 2.45) is 0 Å². The average molecular weight is 364 g/mol. The van der Waals surface area contributed by atoms with Crippen LogP contribution in [-0.4, -0.2) is 28.0 Å². The Bertz CT molecular complexity index is 695. The number of carbonyl (C=O) groups excluding carboxylic acids is 1. The summed E-state index contributed by atoms with van der Waals surface area (Å²) in [6.45, 7) is 9.59. The van der Waals surface area contributed by atoms with Gasteiger partial charge < -0.3 is 4.74 Å². The zero-order valence-corrected chi connectivity index (χ0v) is 15.7. The number of aryl methyl sites for hydroxylation is 2. The van der Waals surface area contributed by atoms with Gasteiger partial charge in [0.1, 0.15) is 5.75 Å². The molecular weight excluding hydrogens is 342 g/mol. The van der Waals surface area contributed by atoms with Gasteiger partial charge in [-0.25, -0.2) is 0 Å². The Balaban J connectivity index is 2.00. The highest BCUT2D eigenvalue weighted by Gasteiger charge is 2.20. The van der Waals surface area contributed by atoms with Crippen LogP contribution in [0.1, 0.15) is 24.5 Å². The van der Waals surface area contributed by atoms with E-state index in [9.17, 15) is 4.79 Å². The molecule has 1 amide bonds. The lowest BCUT2D eigenvalue weighted by Gasteiger charge is -2.17. The molecular formula is C17H21N3O2S2. The Morgan fingerprint density at radius 2 is 2.08 bits per heavy atom. The van der Waals surface area contributed by atoms with Gasteiger partial charge in [0.15, 0.2) is 10.4 Å². The first kappa shape index (κ1) is 18.5. The van der Waals surface area contributed by atoms with Crippen LogP contribution in [0.4, 0.5) is 5.13 Å². The summed E-state index contributed by atoms with van der Waals surface area (Å²) in [5, 5.41) is 11.3. The molecule has 0 unspecified atom stereocenters. The number of anilines is 1. The van der Waals surface area contributed by atoms with Crippen LogP contribution in [0.15, 0.2) is 35.2 Å². The minimum atomic E-state index is -0.570. The molecule has 1 aromatic carbocycles. The summed E-state index contributed by atoms with van der Waals surface area (Å²) in [7, 11) is 0. The molecule has 0 aliphatic heterocycles. The predicted molar refractivity (Wildman–Crippen MR) is 100 cm³/mol. The number of benzene rings is 1. The third kappa shape index (κ3) is 5.35. The van der Waals surface area contributed by atoms with Crippen molar-refractivity contribution in [3.8, 4) is 5.75 Å². The summed E-state index contributed by atoms with van der Waals surface area (Å²) in [6.07, 6.45) is 1.80. The fourth-order valence-corrected chi connectivity index (χ4v) is 3.64. The maximum absolute atomic E-state index is 12.4. The standard InChI is InChI=1S/C17H21N3O2S2/c1-5-7-23-17-20-19-16(24-17)18-15(21)14(6-2)22-13-9-11(3)8-12(4)10-13/h5,8-10,14H,1,6-7H2,2-4H3,(H,18,19,21)/t14-/m0/s1. The summed E-state index contributed by atoms with van der Waals surface area (Å²) >= 11 is 2.88. The fourth-order valence-electron chi connectivity index (χ4n) is 2.12. The van der Waals surface area contributed by atoms with Gasteiger partial charge >= 0.3 is 0 Å². The smallest absolute Gasteiger partial charge is 0.267 e. The molecule has 1 atom stereocenters. The van der Waals surface area contributed by atoms with Gasteiger partial charge in [0, 0.05) is 5.75 Å². The molecule has 0 spiro atoms. The highest BCUT2D eigenvalue weighted by Crippen LogP contribution is 2.26. The molecule has 0 saturated heterocycles. The van der Waals surface area contributed by atoms with Gasteiger partial charge in [-0.2, -0.15) is 0 Å². The van der Waals surface area contributed by atoms with Crippen molar-refractivity contribution < 1.29 is 9.53 Å². The Labute approximate surface area is 150 Å². The minimum absolute atomic E-state index is 0.215. The number of nitrogens with one attached hydrogen (secondary N) is 1. The number of carbonyl (C=O) groups is 1.